The number of nitrogens with zero attached hydrogens (tertiary/aromatic N) is 1. The SMILES string of the molecule is O=[N+]([O-])c1cc(O)ccc1NCc1cc2ccccc2o1. The van der Waals surface area contributed by atoms with Crippen molar-refractivity contribution in [2.45, 2.75) is 6.54 Å². The molecule has 0 aliphatic rings. The van der Waals surface area contributed by atoms with E-state index in [0.717, 1.165) is 17.0 Å². The highest BCUT2D eigenvalue weighted by Crippen LogP contribution is 2.29. The molecule has 2 aromatic carbocycles. The van der Waals surface area contributed by atoms with E-state index in [1.54, 1.807) is 0 Å². The number of rotatable bonds is 4. The van der Waals surface area contributed by atoms with Crippen molar-refractivity contribution in [3.8, 4) is 5.75 Å². The fraction of sp³-hybridized carbons (Fsp3) is 0.0667. The number of nitro benzene ring substituents is 1. The molecule has 0 bridgehead atoms. The first kappa shape index (κ1) is 13.0. The van der Waals surface area contributed by atoms with Gasteiger partial charge in [0.2, 0.25) is 0 Å². The highest BCUT2D eigenvalue weighted by atomic mass is 16.6. The molecule has 3 rings (SSSR count). The summed E-state index contributed by atoms with van der Waals surface area (Å²) in [5, 5.41) is 24.2. The molecule has 0 aliphatic heterocycles. The predicted molar refractivity (Wildman–Crippen MR) is 78.3 cm³/mol. The van der Waals surface area contributed by atoms with E-state index in [9.17, 15) is 15.2 Å². The number of nitrogens with one attached hydrogen (secondary N) is 1. The van der Waals surface area contributed by atoms with E-state index in [1.807, 2.05) is 30.3 Å². The molecule has 0 radical (unpaired) electrons. The monoisotopic (exact) mass is 284 g/mol. The number of benzene rings is 2. The molecule has 6 heteroatoms. The minimum atomic E-state index is -0.541. The van der Waals surface area contributed by atoms with Crippen LogP contribution in [0, 0.1) is 10.1 Å². The number of anilines is 1. The maximum atomic E-state index is 11.0. The first-order valence-electron chi connectivity index (χ1n) is 6.32. The highest BCUT2D eigenvalue weighted by molar-refractivity contribution is 5.77. The zero-order valence-electron chi connectivity index (χ0n) is 10.9. The van der Waals surface area contributed by atoms with Crippen LogP contribution in [-0.4, -0.2) is 10.0 Å². The molecule has 0 atom stereocenters. The van der Waals surface area contributed by atoms with Gasteiger partial charge in [0.25, 0.3) is 5.69 Å². The Labute approximate surface area is 119 Å². The largest absolute Gasteiger partial charge is 0.508 e. The zero-order valence-corrected chi connectivity index (χ0v) is 10.9. The van der Waals surface area contributed by atoms with Gasteiger partial charge >= 0.3 is 0 Å². The van der Waals surface area contributed by atoms with Crippen molar-refractivity contribution >= 4 is 22.3 Å². The quantitative estimate of drug-likeness (QED) is 0.433. The Morgan fingerprint density at radius 3 is 2.76 bits per heavy atom. The number of aromatic hydroxyl groups is 1. The van der Waals surface area contributed by atoms with Gasteiger partial charge in [-0.1, -0.05) is 18.2 Å². The molecular formula is C15H12N2O4. The smallest absolute Gasteiger partial charge is 0.296 e. The molecule has 0 aliphatic carbocycles. The van der Waals surface area contributed by atoms with Gasteiger partial charge in [-0.05, 0) is 24.3 Å². The number of fused-ring (bicyclic) bond motifs is 1. The second kappa shape index (κ2) is 5.16. The third-order valence-corrected chi connectivity index (χ3v) is 3.11. The summed E-state index contributed by atoms with van der Waals surface area (Å²) in [5.74, 6) is 0.537. The maximum Gasteiger partial charge on any atom is 0.296 e. The molecule has 0 fully saturated rings. The van der Waals surface area contributed by atoms with Crippen LogP contribution in [0.4, 0.5) is 11.4 Å². The lowest BCUT2D eigenvalue weighted by Crippen LogP contribution is -2.01. The summed E-state index contributed by atoms with van der Waals surface area (Å²) in [5.41, 5.74) is 0.930. The van der Waals surface area contributed by atoms with E-state index in [2.05, 4.69) is 5.32 Å². The van der Waals surface area contributed by atoms with Crippen LogP contribution in [0.25, 0.3) is 11.0 Å². The minimum Gasteiger partial charge on any atom is -0.508 e. The van der Waals surface area contributed by atoms with E-state index in [0.29, 0.717) is 18.0 Å². The highest BCUT2D eigenvalue weighted by Gasteiger charge is 2.14. The lowest BCUT2D eigenvalue weighted by molar-refractivity contribution is -0.384. The van der Waals surface area contributed by atoms with Crippen LogP contribution >= 0.6 is 0 Å². The molecule has 0 spiro atoms. The average molecular weight is 284 g/mol. The van der Waals surface area contributed by atoms with Gasteiger partial charge in [0.15, 0.2) is 0 Å². The summed E-state index contributed by atoms with van der Waals surface area (Å²) in [6.45, 7) is 0.320. The van der Waals surface area contributed by atoms with Gasteiger partial charge < -0.3 is 14.8 Å². The zero-order chi connectivity index (χ0) is 14.8. The van der Waals surface area contributed by atoms with Crippen molar-refractivity contribution in [2.24, 2.45) is 0 Å². The molecule has 2 N–H and O–H groups in total. The third-order valence-electron chi connectivity index (χ3n) is 3.11. The lowest BCUT2D eigenvalue weighted by Gasteiger charge is -2.05. The van der Waals surface area contributed by atoms with Crippen LogP contribution in [0.1, 0.15) is 5.76 Å². The van der Waals surface area contributed by atoms with E-state index >= 15 is 0 Å². The molecule has 1 heterocycles. The van der Waals surface area contributed by atoms with E-state index < -0.39 is 4.92 Å². The Kier molecular flexibility index (Phi) is 3.19. The molecular weight excluding hydrogens is 272 g/mol. The van der Waals surface area contributed by atoms with E-state index in [4.69, 9.17) is 4.42 Å². The Hall–Kier alpha value is -3.02. The number of phenolic OH excluding ortho intramolecular Hbond substituents is 1. The van der Waals surface area contributed by atoms with Crippen LogP contribution in [0.15, 0.2) is 52.9 Å². The molecule has 0 unspecified atom stereocenters. The fourth-order valence-electron chi connectivity index (χ4n) is 2.13. The molecule has 106 valence electrons. The molecule has 3 aromatic rings. The van der Waals surface area contributed by atoms with Crippen LogP contribution in [-0.2, 0) is 6.54 Å². The van der Waals surface area contributed by atoms with Gasteiger partial charge in [-0.3, -0.25) is 10.1 Å². The lowest BCUT2D eigenvalue weighted by atomic mass is 10.2. The van der Waals surface area contributed by atoms with Crippen LogP contribution in [0.3, 0.4) is 0 Å². The number of hydrogen-bond donors (Lipinski definition) is 2. The second-order valence-corrected chi connectivity index (χ2v) is 4.56. The fourth-order valence-corrected chi connectivity index (χ4v) is 2.13. The third kappa shape index (κ3) is 2.64. The average Bonchev–Trinajstić information content (AvgIpc) is 2.88. The van der Waals surface area contributed by atoms with Gasteiger partial charge in [-0.25, -0.2) is 0 Å². The number of furan rings is 1. The molecule has 21 heavy (non-hydrogen) atoms. The van der Waals surface area contributed by atoms with Crippen molar-refractivity contribution in [1.29, 1.82) is 0 Å². The summed E-state index contributed by atoms with van der Waals surface area (Å²) in [6.07, 6.45) is 0. The molecule has 0 amide bonds. The molecule has 0 saturated carbocycles. The van der Waals surface area contributed by atoms with Crippen LogP contribution in [0.5, 0.6) is 5.75 Å². The Morgan fingerprint density at radius 1 is 1.19 bits per heavy atom. The van der Waals surface area contributed by atoms with Crippen molar-refractivity contribution < 1.29 is 14.4 Å². The summed E-state index contributed by atoms with van der Waals surface area (Å²) >= 11 is 0. The maximum absolute atomic E-state index is 11.0. The summed E-state index contributed by atoms with van der Waals surface area (Å²) in [4.78, 5) is 10.4. The van der Waals surface area contributed by atoms with Crippen LogP contribution < -0.4 is 5.32 Å². The van der Waals surface area contributed by atoms with Gasteiger partial charge in [-0.2, -0.15) is 0 Å². The van der Waals surface area contributed by atoms with Crippen LogP contribution in [0.2, 0.25) is 0 Å². The van der Waals surface area contributed by atoms with Crippen molar-refractivity contribution in [3.63, 3.8) is 0 Å². The van der Waals surface area contributed by atoms with Crippen molar-refractivity contribution in [1.82, 2.24) is 0 Å². The topological polar surface area (TPSA) is 88.5 Å². The van der Waals surface area contributed by atoms with E-state index in [1.165, 1.54) is 12.1 Å². The summed E-state index contributed by atoms with van der Waals surface area (Å²) in [7, 11) is 0. The number of phenols is 1. The van der Waals surface area contributed by atoms with Gasteiger partial charge in [0, 0.05) is 5.39 Å². The minimum absolute atomic E-state index is 0.143. The van der Waals surface area contributed by atoms with Gasteiger partial charge in [0.1, 0.15) is 22.8 Å². The number of hydrogen-bond acceptors (Lipinski definition) is 5. The summed E-state index contributed by atoms with van der Waals surface area (Å²) < 4.78 is 5.63. The normalized spacial score (nSPS) is 10.7. The first-order chi connectivity index (χ1) is 10.1. The first-order valence-corrected chi connectivity index (χ1v) is 6.32. The Bertz CT molecular complexity index is 777. The van der Waals surface area contributed by atoms with Crippen molar-refractivity contribution in [2.75, 3.05) is 5.32 Å². The second-order valence-electron chi connectivity index (χ2n) is 4.56. The Balaban J connectivity index is 1.83. The predicted octanol–water partition coefficient (Wildman–Crippen LogP) is 3.66. The summed E-state index contributed by atoms with van der Waals surface area (Å²) in [6, 6.07) is 13.5. The standard InChI is InChI=1S/C15H12N2O4/c18-11-5-6-13(14(8-11)17(19)20)16-9-12-7-10-3-1-2-4-15(10)21-12/h1-8,16,18H,9H2. The van der Waals surface area contributed by atoms with Gasteiger partial charge in [0.05, 0.1) is 17.5 Å². The Morgan fingerprint density at radius 2 is 2.00 bits per heavy atom. The van der Waals surface area contributed by atoms with Gasteiger partial charge in [-0.15, -0.1) is 0 Å². The number of para-hydroxylation sites is 1. The molecule has 0 saturated heterocycles. The molecule has 1 aromatic heterocycles. The molecule has 6 nitrogen and oxygen atoms in total. The number of nitro groups is 1. The van der Waals surface area contributed by atoms with Crippen molar-refractivity contribution in [3.05, 3.63) is 64.4 Å². The van der Waals surface area contributed by atoms with E-state index in [-0.39, 0.29) is 11.4 Å².